The van der Waals surface area contributed by atoms with Crippen molar-refractivity contribution in [3.63, 3.8) is 0 Å². The Balaban J connectivity index is 2.61. The maximum absolute atomic E-state index is 11.4. The molecule has 1 rings (SSSR count). The number of Topliss-reactive ketones (excluding diaryl/α,β-unsaturated/α-hetero) is 1. The molecule has 0 aromatic carbocycles. The highest BCUT2D eigenvalue weighted by Crippen LogP contribution is 2.33. The summed E-state index contributed by atoms with van der Waals surface area (Å²) in [7, 11) is 1.33. The molecule has 0 aromatic heterocycles. The van der Waals surface area contributed by atoms with Gasteiger partial charge in [-0.2, -0.15) is 0 Å². The molecule has 3 heteroatoms. The van der Waals surface area contributed by atoms with Gasteiger partial charge in [0.15, 0.2) is 0 Å². The first-order valence-electron chi connectivity index (χ1n) is 4.92. The minimum Gasteiger partial charge on any atom is -0.468 e. The van der Waals surface area contributed by atoms with E-state index in [1.165, 1.54) is 7.11 Å². The van der Waals surface area contributed by atoms with E-state index >= 15 is 0 Å². The molecule has 1 saturated carbocycles. The molecule has 0 aromatic rings. The lowest BCUT2D eigenvalue weighted by molar-refractivity contribution is -0.149. The summed E-state index contributed by atoms with van der Waals surface area (Å²) in [5.41, 5.74) is 0. The fourth-order valence-corrected chi connectivity index (χ4v) is 2.01. The largest absolute Gasteiger partial charge is 0.468 e. The molecule has 3 nitrogen and oxygen atoms in total. The molecule has 0 saturated heterocycles. The van der Waals surface area contributed by atoms with Crippen LogP contribution in [-0.4, -0.2) is 18.9 Å². The molecule has 2 atom stereocenters. The molecule has 0 radical (unpaired) electrons. The van der Waals surface area contributed by atoms with Crippen LogP contribution in [0, 0.1) is 11.8 Å². The molecule has 1 aliphatic carbocycles. The normalized spacial score (nSPS) is 26.2. The number of ketones is 1. The zero-order valence-electron chi connectivity index (χ0n) is 8.49. The van der Waals surface area contributed by atoms with E-state index in [-0.39, 0.29) is 17.7 Å². The number of methoxy groups -OCH3 is 1. The molecule has 78 valence electrons. The number of allylic oxidation sites excluding steroid dienone is 1. The van der Waals surface area contributed by atoms with E-state index in [9.17, 15) is 9.59 Å². The summed E-state index contributed by atoms with van der Waals surface area (Å²) in [6.07, 6.45) is 4.85. The van der Waals surface area contributed by atoms with Gasteiger partial charge in [0, 0.05) is 6.42 Å². The zero-order valence-corrected chi connectivity index (χ0v) is 8.49. The van der Waals surface area contributed by atoms with Crippen molar-refractivity contribution >= 4 is 11.8 Å². The maximum Gasteiger partial charge on any atom is 0.316 e. The second-order valence-electron chi connectivity index (χ2n) is 3.63. The lowest BCUT2D eigenvalue weighted by Gasteiger charge is -2.14. The summed E-state index contributed by atoms with van der Waals surface area (Å²) in [5, 5.41) is 0. The van der Waals surface area contributed by atoms with Gasteiger partial charge in [0.2, 0.25) is 0 Å². The molecule has 1 fully saturated rings. The number of hydrogen-bond acceptors (Lipinski definition) is 3. The Morgan fingerprint density at radius 1 is 1.71 bits per heavy atom. The van der Waals surface area contributed by atoms with Gasteiger partial charge in [0.25, 0.3) is 0 Å². The molecule has 0 amide bonds. The first-order chi connectivity index (χ1) is 6.70. The van der Waals surface area contributed by atoms with Crippen LogP contribution in [0.2, 0.25) is 0 Å². The van der Waals surface area contributed by atoms with Crippen LogP contribution < -0.4 is 0 Å². The predicted octanol–water partition coefficient (Wildman–Crippen LogP) is 1.72. The van der Waals surface area contributed by atoms with E-state index in [0.717, 1.165) is 19.3 Å². The van der Waals surface area contributed by atoms with Gasteiger partial charge in [-0.15, -0.1) is 6.58 Å². The van der Waals surface area contributed by atoms with Gasteiger partial charge in [-0.1, -0.05) is 6.08 Å². The van der Waals surface area contributed by atoms with Gasteiger partial charge in [-0.05, 0) is 25.2 Å². The molecule has 0 bridgehead atoms. The summed E-state index contributed by atoms with van der Waals surface area (Å²) < 4.78 is 4.63. The number of esters is 1. The summed E-state index contributed by atoms with van der Waals surface area (Å²) in [5.74, 6) is -0.694. The molecule has 1 aliphatic rings. The van der Waals surface area contributed by atoms with Crippen LogP contribution in [0.4, 0.5) is 0 Å². The second-order valence-corrected chi connectivity index (χ2v) is 3.63. The van der Waals surface area contributed by atoms with Crippen molar-refractivity contribution in [2.75, 3.05) is 7.11 Å². The molecule has 0 N–H and O–H groups in total. The van der Waals surface area contributed by atoms with Gasteiger partial charge in [0.1, 0.15) is 11.7 Å². The van der Waals surface area contributed by atoms with E-state index in [1.54, 1.807) is 0 Å². The van der Waals surface area contributed by atoms with Crippen molar-refractivity contribution in [1.29, 1.82) is 0 Å². The Morgan fingerprint density at radius 3 is 3.00 bits per heavy atom. The Labute approximate surface area is 84.1 Å². The molecular formula is C11H16O3. The number of carbonyl (C=O) groups excluding carboxylic acids is 2. The third-order valence-corrected chi connectivity index (χ3v) is 2.78. The summed E-state index contributed by atoms with van der Waals surface area (Å²) >= 11 is 0. The predicted molar refractivity (Wildman–Crippen MR) is 52.7 cm³/mol. The Bertz CT molecular complexity index is 245. The average molecular weight is 196 g/mol. The second kappa shape index (κ2) is 4.94. The first kappa shape index (κ1) is 11.0. The molecular weight excluding hydrogens is 180 g/mol. The molecule has 2 unspecified atom stereocenters. The minimum atomic E-state index is -0.514. The van der Waals surface area contributed by atoms with Crippen molar-refractivity contribution in [3.05, 3.63) is 12.7 Å². The molecule has 0 spiro atoms. The van der Waals surface area contributed by atoms with Crippen molar-refractivity contribution in [2.45, 2.75) is 25.7 Å². The van der Waals surface area contributed by atoms with Gasteiger partial charge in [-0.25, -0.2) is 0 Å². The van der Waals surface area contributed by atoms with E-state index in [0.29, 0.717) is 6.42 Å². The highest BCUT2D eigenvalue weighted by atomic mass is 16.5. The third kappa shape index (κ3) is 2.22. The van der Waals surface area contributed by atoms with Gasteiger partial charge < -0.3 is 4.74 Å². The van der Waals surface area contributed by atoms with Crippen molar-refractivity contribution in [3.8, 4) is 0 Å². The fraction of sp³-hybridized carbons (Fsp3) is 0.636. The number of carbonyl (C=O) groups is 2. The van der Waals surface area contributed by atoms with E-state index in [4.69, 9.17) is 0 Å². The minimum absolute atomic E-state index is 0.0333. The summed E-state index contributed by atoms with van der Waals surface area (Å²) in [4.78, 5) is 22.8. The van der Waals surface area contributed by atoms with Crippen LogP contribution >= 0.6 is 0 Å². The monoisotopic (exact) mass is 196 g/mol. The van der Waals surface area contributed by atoms with Gasteiger partial charge >= 0.3 is 5.97 Å². The average Bonchev–Trinajstić information content (AvgIpc) is 2.55. The number of ether oxygens (including phenoxy) is 1. The Kier molecular flexibility index (Phi) is 3.86. The lowest BCUT2D eigenvalue weighted by atomic mass is 9.91. The molecule has 0 aliphatic heterocycles. The summed E-state index contributed by atoms with van der Waals surface area (Å²) in [6, 6.07) is 0. The fourth-order valence-electron chi connectivity index (χ4n) is 2.01. The van der Waals surface area contributed by atoms with Crippen LogP contribution in [0.1, 0.15) is 25.7 Å². The highest BCUT2D eigenvalue weighted by molar-refractivity contribution is 6.00. The number of rotatable bonds is 4. The maximum atomic E-state index is 11.4. The Morgan fingerprint density at radius 2 is 2.43 bits per heavy atom. The van der Waals surface area contributed by atoms with E-state index in [2.05, 4.69) is 11.3 Å². The van der Waals surface area contributed by atoms with E-state index in [1.807, 2.05) is 6.08 Å². The highest BCUT2D eigenvalue weighted by Gasteiger charge is 2.39. The smallest absolute Gasteiger partial charge is 0.316 e. The Hall–Kier alpha value is -1.12. The van der Waals surface area contributed by atoms with Gasteiger partial charge in [0.05, 0.1) is 7.11 Å². The zero-order chi connectivity index (χ0) is 10.6. The van der Waals surface area contributed by atoms with Crippen molar-refractivity contribution in [2.24, 2.45) is 11.8 Å². The van der Waals surface area contributed by atoms with Crippen LogP contribution in [0.15, 0.2) is 12.7 Å². The molecule has 14 heavy (non-hydrogen) atoms. The van der Waals surface area contributed by atoms with Crippen LogP contribution in [0.3, 0.4) is 0 Å². The summed E-state index contributed by atoms with van der Waals surface area (Å²) in [6.45, 7) is 3.63. The van der Waals surface area contributed by atoms with Crippen molar-refractivity contribution in [1.82, 2.24) is 0 Å². The third-order valence-electron chi connectivity index (χ3n) is 2.78. The van der Waals surface area contributed by atoms with Crippen LogP contribution in [-0.2, 0) is 14.3 Å². The SMILES string of the molecule is C=CCCC1CCC(=O)C1C(=O)OC. The van der Waals surface area contributed by atoms with Crippen LogP contribution in [0.5, 0.6) is 0 Å². The standard InChI is InChI=1S/C11H16O3/c1-3-4-5-8-6-7-9(12)10(8)11(13)14-2/h3,8,10H,1,4-7H2,2H3. The number of hydrogen-bond donors (Lipinski definition) is 0. The van der Waals surface area contributed by atoms with E-state index < -0.39 is 5.92 Å². The quantitative estimate of drug-likeness (QED) is 0.390. The molecule has 0 heterocycles. The first-order valence-corrected chi connectivity index (χ1v) is 4.92. The van der Waals surface area contributed by atoms with Crippen LogP contribution in [0.25, 0.3) is 0 Å². The lowest BCUT2D eigenvalue weighted by Crippen LogP contribution is -2.26. The van der Waals surface area contributed by atoms with Crippen molar-refractivity contribution < 1.29 is 14.3 Å². The topological polar surface area (TPSA) is 43.4 Å². The van der Waals surface area contributed by atoms with Gasteiger partial charge in [-0.3, -0.25) is 9.59 Å².